The van der Waals surface area contributed by atoms with E-state index in [9.17, 15) is 9.59 Å². The molecule has 0 spiro atoms. The number of amides is 1. The van der Waals surface area contributed by atoms with Crippen LogP contribution in [0.5, 0.6) is 5.75 Å². The molecule has 2 aromatic carbocycles. The van der Waals surface area contributed by atoms with E-state index in [4.69, 9.17) is 16.3 Å². The van der Waals surface area contributed by atoms with E-state index in [0.29, 0.717) is 33.2 Å². The molecule has 4 aromatic rings. The number of ether oxygens (including phenoxy) is 1. The Morgan fingerprint density at radius 2 is 2.00 bits per heavy atom. The third-order valence-corrected chi connectivity index (χ3v) is 5.57. The van der Waals surface area contributed by atoms with Gasteiger partial charge in [-0.3, -0.25) is 14.2 Å². The molecule has 7 heteroatoms. The average Bonchev–Trinajstić information content (AvgIpc) is 3.23. The van der Waals surface area contributed by atoms with Crippen LogP contribution in [0.25, 0.3) is 33.2 Å². The summed E-state index contributed by atoms with van der Waals surface area (Å²) in [7, 11) is 3.11. The fourth-order valence-electron chi connectivity index (χ4n) is 4.18. The molecule has 0 aliphatic carbocycles. The minimum atomic E-state index is -0.986. The lowest BCUT2D eigenvalue weighted by Gasteiger charge is -2.24. The van der Waals surface area contributed by atoms with Crippen molar-refractivity contribution in [3.05, 3.63) is 53.1 Å². The van der Waals surface area contributed by atoms with Crippen LogP contribution in [-0.2, 0) is 4.79 Å². The summed E-state index contributed by atoms with van der Waals surface area (Å²) in [6.07, 6.45) is 0. The highest BCUT2D eigenvalue weighted by Crippen LogP contribution is 2.48. The lowest BCUT2D eigenvalue weighted by Crippen LogP contribution is -2.36. The molecule has 5 rings (SSSR count). The van der Waals surface area contributed by atoms with Crippen LogP contribution in [0.1, 0.15) is 16.3 Å². The fourth-order valence-corrected chi connectivity index (χ4v) is 4.35. The molecule has 3 heterocycles. The molecule has 0 fully saturated rings. The Kier molecular flexibility index (Phi) is 3.54. The van der Waals surface area contributed by atoms with Gasteiger partial charge in [-0.25, -0.2) is 0 Å². The van der Waals surface area contributed by atoms with Gasteiger partial charge in [0.05, 0.1) is 18.3 Å². The lowest BCUT2D eigenvalue weighted by molar-refractivity contribution is -0.121. The van der Waals surface area contributed by atoms with Crippen LogP contribution >= 0.6 is 11.6 Å². The van der Waals surface area contributed by atoms with Crippen molar-refractivity contribution < 1.29 is 14.3 Å². The van der Waals surface area contributed by atoms with E-state index in [-0.39, 0.29) is 11.8 Å². The maximum Gasteiger partial charge on any atom is 0.248 e. The lowest BCUT2D eigenvalue weighted by atomic mass is 9.90. The van der Waals surface area contributed by atoms with Crippen molar-refractivity contribution in [2.24, 2.45) is 0 Å². The summed E-state index contributed by atoms with van der Waals surface area (Å²) in [6.45, 7) is 0. The second kappa shape index (κ2) is 5.87. The van der Waals surface area contributed by atoms with Gasteiger partial charge in [-0.1, -0.05) is 23.7 Å². The Morgan fingerprint density at radius 3 is 2.75 bits per heavy atom. The molecule has 1 aliphatic heterocycles. The Morgan fingerprint density at radius 1 is 1.21 bits per heavy atom. The van der Waals surface area contributed by atoms with Gasteiger partial charge in [0.1, 0.15) is 11.6 Å². The summed E-state index contributed by atoms with van der Waals surface area (Å²) < 4.78 is 7.27. The fraction of sp³-hybridized carbons (Fsp3) is 0.143. The number of nitrogens with one attached hydrogen (secondary N) is 2. The summed E-state index contributed by atoms with van der Waals surface area (Å²) in [6, 6.07) is 12.9. The van der Waals surface area contributed by atoms with Gasteiger partial charge in [-0.15, -0.1) is 0 Å². The van der Waals surface area contributed by atoms with E-state index in [1.54, 1.807) is 23.8 Å². The Balaban J connectivity index is 1.98. The average molecular weight is 394 g/mol. The molecule has 140 valence electrons. The number of carbonyl (C=O) groups excluding carboxylic acids is 2. The third kappa shape index (κ3) is 2.03. The van der Waals surface area contributed by atoms with E-state index >= 15 is 0 Å². The van der Waals surface area contributed by atoms with Crippen LogP contribution in [0.3, 0.4) is 0 Å². The first-order valence-electron chi connectivity index (χ1n) is 8.81. The molecular weight excluding hydrogens is 378 g/mol. The van der Waals surface area contributed by atoms with Gasteiger partial charge >= 0.3 is 0 Å². The first kappa shape index (κ1) is 16.9. The molecule has 0 bridgehead atoms. The molecule has 6 nitrogen and oxygen atoms in total. The summed E-state index contributed by atoms with van der Waals surface area (Å²) in [5.41, 5.74) is 3.44. The molecule has 28 heavy (non-hydrogen) atoms. The van der Waals surface area contributed by atoms with Gasteiger partial charge in [0.25, 0.3) is 0 Å². The normalized spacial score (nSPS) is 15.5. The van der Waals surface area contributed by atoms with Crippen molar-refractivity contribution in [1.82, 2.24) is 14.9 Å². The molecule has 0 saturated heterocycles. The second-order valence-electron chi connectivity index (χ2n) is 6.72. The number of hydrogen-bond donors (Lipinski definition) is 2. The summed E-state index contributed by atoms with van der Waals surface area (Å²) in [4.78, 5) is 29.7. The molecule has 0 saturated carbocycles. The number of aromatic nitrogens is 2. The highest BCUT2D eigenvalue weighted by Gasteiger charge is 2.42. The number of para-hydroxylation sites is 1. The van der Waals surface area contributed by atoms with E-state index < -0.39 is 5.92 Å². The zero-order chi connectivity index (χ0) is 19.6. The van der Waals surface area contributed by atoms with Gasteiger partial charge < -0.3 is 15.0 Å². The topological polar surface area (TPSA) is 76.1 Å². The zero-order valence-electron chi connectivity index (χ0n) is 15.2. The number of hydrogen-bond acceptors (Lipinski definition) is 3. The Hall–Kier alpha value is -3.25. The molecule has 0 radical (unpaired) electrons. The van der Waals surface area contributed by atoms with Crippen LogP contribution in [0.4, 0.5) is 0 Å². The number of aromatic amines is 1. The standard InChI is InChI=1S/C21H16ClN3O3/c1-23-20(26)16-15-12-9-10(22)7-8-13(12)24-17(15)18-19(28-2)11-5-3-4-6-14(11)25(18)21(16)27/h3-9,16,24H,1-2H3,(H,23,26)/t16-/m0/s1. The largest absolute Gasteiger partial charge is 0.494 e. The summed E-state index contributed by atoms with van der Waals surface area (Å²) >= 11 is 6.21. The van der Waals surface area contributed by atoms with Gasteiger partial charge in [0.15, 0.2) is 5.75 Å². The molecule has 0 unspecified atom stereocenters. The molecule has 2 aromatic heterocycles. The van der Waals surface area contributed by atoms with Crippen LogP contribution < -0.4 is 10.1 Å². The molecule has 1 amide bonds. The Labute approximate surface area is 165 Å². The monoisotopic (exact) mass is 393 g/mol. The second-order valence-corrected chi connectivity index (χ2v) is 7.16. The van der Waals surface area contributed by atoms with Crippen LogP contribution in [0.2, 0.25) is 5.02 Å². The quantitative estimate of drug-likeness (QED) is 0.506. The van der Waals surface area contributed by atoms with Crippen molar-refractivity contribution in [3.63, 3.8) is 0 Å². The number of methoxy groups -OCH3 is 1. The predicted molar refractivity (Wildman–Crippen MR) is 108 cm³/mol. The van der Waals surface area contributed by atoms with Gasteiger partial charge in [-0.2, -0.15) is 0 Å². The number of nitrogens with zero attached hydrogens (tertiary/aromatic N) is 1. The number of likely N-dealkylation sites (N-methyl/N-ethyl adjacent to an activating group) is 1. The first-order chi connectivity index (χ1) is 13.6. The number of benzene rings is 2. The molecule has 1 atom stereocenters. The Bertz CT molecular complexity index is 1300. The summed E-state index contributed by atoms with van der Waals surface area (Å²) in [5.74, 6) is -1.07. The van der Waals surface area contributed by atoms with E-state index in [1.165, 1.54) is 7.05 Å². The molecule has 2 N–H and O–H groups in total. The number of fused-ring (bicyclic) bond motifs is 7. The van der Waals surface area contributed by atoms with E-state index in [2.05, 4.69) is 10.3 Å². The van der Waals surface area contributed by atoms with E-state index in [0.717, 1.165) is 16.3 Å². The van der Waals surface area contributed by atoms with Crippen molar-refractivity contribution in [1.29, 1.82) is 0 Å². The predicted octanol–water partition coefficient (Wildman–Crippen LogP) is 3.94. The van der Waals surface area contributed by atoms with Crippen molar-refractivity contribution in [2.45, 2.75) is 5.92 Å². The number of H-pyrrole nitrogens is 1. The first-order valence-corrected chi connectivity index (χ1v) is 9.19. The van der Waals surface area contributed by atoms with Gasteiger partial charge in [0, 0.05) is 33.9 Å². The molecular formula is C21H16ClN3O3. The van der Waals surface area contributed by atoms with Crippen LogP contribution in [-0.4, -0.2) is 35.5 Å². The number of halogens is 1. The van der Waals surface area contributed by atoms with Gasteiger partial charge in [-0.05, 0) is 30.3 Å². The van der Waals surface area contributed by atoms with Crippen molar-refractivity contribution >= 4 is 45.2 Å². The maximum atomic E-state index is 13.5. The highest BCUT2D eigenvalue weighted by molar-refractivity contribution is 6.31. The minimum Gasteiger partial charge on any atom is -0.494 e. The van der Waals surface area contributed by atoms with Crippen molar-refractivity contribution in [3.8, 4) is 17.1 Å². The number of rotatable bonds is 2. The number of carbonyl (C=O) groups is 2. The zero-order valence-corrected chi connectivity index (χ0v) is 15.9. The minimum absolute atomic E-state index is 0.317. The summed E-state index contributed by atoms with van der Waals surface area (Å²) in [5, 5.41) is 4.73. The SMILES string of the molecule is CNC(=O)[C@H]1C(=O)n2c(c(OC)c3ccccc32)-c2[nH]c3ccc(Cl)cc3c21. The molecule has 1 aliphatic rings. The smallest absolute Gasteiger partial charge is 0.248 e. The van der Waals surface area contributed by atoms with Crippen LogP contribution in [0, 0.1) is 0 Å². The highest BCUT2D eigenvalue weighted by atomic mass is 35.5. The van der Waals surface area contributed by atoms with E-state index in [1.807, 2.05) is 30.3 Å². The third-order valence-electron chi connectivity index (χ3n) is 5.33. The van der Waals surface area contributed by atoms with Crippen LogP contribution in [0.15, 0.2) is 42.5 Å². The maximum absolute atomic E-state index is 13.5. The van der Waals surface area contributed by atoms with Crippen molar-refractivity contribution in [2.75, 3.05) is 14.2 Å². The van der Waals surface area contributed by atoms with Gasteiger partial charge in [0.2, 0.25) is 11.8 Å².